The molecule has 0 unspecified atom stereocenters. The van der Waals surface area contributed by atoms with E-state index in [1.807, 2.05) is 0 Å². The van der Waals surface area contributed by atoms with Gasteiger partial charge in [0.15, 0.2) is 5.13 Å². The molecule has 138 valence electrons. The molecule has 2 heterocycles. The van der Waals surface area contributed by atoms with Gasteiger partial charge in [-0.1, -0.05) is 60.7 Å². The Morgan fingerprint density at radius 3 is 1.92 bits per heavy atom. The zero-order valence-electron chi connectivity index (χ0n) is 14.4. The molecule has 6 heteroatoms. The maximum Gasteiger partial charge on any atom is 0.185 e. The number of thiazole rings is 1. The van der Waals surface area contributed by atoms with Crippen molar-refractivity contribution in [3.05, 3.63) is 82.9 Å². The highest BCUT2D eigenvalue weighted by molar-refractivity contribution is 7.13. The molecule has 0 atom stereocenters. The molecule has 2 aromatic carbocycles. The largest absolute Gasteiger partial charge is 0.346 e. The van der Waals surface area contributed by atoms with Gasteiger partial charge in [-0.25, -0.2) is 4.98 Å². The molecule has 0 bridgehead atoms. The molecule has 4 rings (SSSR count). The van der Waals surface area contributed by atoms with Gasteiger partial charge in [0.2, 0.25) is 0 Å². The third-order valence-corrected chi connectivity index (χ3v) is 5.38. The summed E-state index contributed by atoms with van der Waals surface area (Å²) in [6.07, 6.45) is 0. The first kappa shape index (κ1) is 20.7. The smallest absolute Gasteiger partial charge is 0.185 e. The summed E-state index contributed by atoms with van der Waals surface area (Å²) in [5, 5.41) is 6.77. The van der Waals surface area contributed by atoms with Gasteiger partial charge in [-0.2, -0.15) is 0 Å². The zero-order valence-corrected chi connectivity index (χ0v) is 16.8. The van der Waals surface area contributed by atoms with Crippen LogP contribution in [0.5, 0.6) is 0 Å². The molecule has 1 aromatic heterocycles. The van der Waals surface area contributed by atoms with E-state index >= 15 is 0 Å². The van der Waals surface area contributed by atoms with Crippen LogP contribution in [0.2, 0.25) is 0 Å². The highest BCUT2D eigenvalue weighted by Gasteiger charge is 2.21. The molecule has 1 saturated heterocycles. The quantitative estimate of drug-likeness (QED) is 0.685. The van der Waals surface area contributed by atoms with Crippen molar-refractivity contribution in [3.8, 4) is 0 Å². The lowest BCUT2D eigenvalue weighted by molar-refractivity contribution is 0.587. The average molecular weight is 408 g/mol. The van der Waals surface area contributed by atoms with Crippen molar-refractivity contribution in [2.24, 2.45) is 0 Å². The van der Waals surface area contributed by atoms with Crippen molar-refractivity contribution in [3.63, 3.8) is 0 Å². The Labute approximate surface area is 171 Å². The van der Waals surface area contributed by atoms with Crippen LogP contribution in [0.3, 0.4) is 0 Å². The number of nitrogens with one attached hydrogen (secondary N) is 1. The monoisotopic (exact) mass is 407 g/mol. The van der Waals surface area contributed by atoms with Crippen LogP contribution >= 0.6 is 36.2 Å². The minimum absolute atomic E-state index is 0. The zero-order chi connectivity index (χ0) is 16.2. The van der Waals surface area contributed by atoms with Gasteiger partial charge < -0.3 is 10.2 Å². The second-order valence-electron chi connectivity index (χ2n) is 6.05. The van der Waals surface area contributed by atoms with Crippen LogP contribution < -0.4 is 10.2 Å². The van der Waals surface area contributed by atoms with E-state index in [0.29, 0.717) is 0 Å². The highest BCUT2D eigenvalue weighted by Crippen LogP contribution is 2.34. The molecule has 0 saturated carbocycles. The van der Waals surface area contributed by atoms with Crippen LogP contribution in [0.4, 0.5) is 5.13 Å². The Bertz CT molecular complexity index is 735. The van der Waals surface area contributed by atoms with Crippen LogP contribution in [0.1, 0.15) is 22.7 Å². The van der Waals surface area contributed by atoms with Crippen LogP contribution in [0.15, 0.2) is 66.0 Å². The summed E-state index contributed by atoms with van der Waals surface area (Å²) in [5.74, 6) is 0.195. The average Bonchev–Trinajstić information content (AvgIpc) is 3.14. The first-order valence-corrected chi connectivity index (χ1v) is 9.31. The van der Waals surface area contributed by atoms with Gasteiger partial charge in [0.1, 0.15) is 0 Å². The first-order valence-electron chi connectivity index (χ1n) is 8.43. The topological polar surface area (TPSA) is 28.2 Å². The Balaban J connectivity index is 0.00000121. The van der Waals surface area contributed by atoms with Gasteiger partial charge in [0.25, 0.3) is 0 Å². The maximum absolute atomic E-state index is 5.00. The molecule has 1 N–H and O–H groups in total. The lowest BCUT2D eigenvalue weighted by Gasteiger charge is -2.26. The minimum Gasteiger partial charge on any atom is -0.346 e. The summed E-state index contributed by atoms with van der Waals surface area (Å²) in [5.41, 5.74) is 3.73. The molecule has 0 aliphatic carbocycles. The van der Waals surface area contributed by atoms with Crippen LogP contribution in [0, 0.1) is 0 Å². The van der Waals surface area contributed by atoms with Gasteiger partial charge in [0, 0.05) is 31.6 Å². The van der Waals surface area contributed by atoms with Crippen LogP contribution in [-0.4, -0.2) is 31.2 Å². The van der Waals surface area contributed by atoms with E-state index in [0.717, 1.165) is 37.0 Å². The number of hydrogen-bond acceptors (Lipinski definition) is 4. The number of aromatic nitrogens is 1. The summed E-state index contributed by atoms with van der Waals surface area (Å²) >= 11 is 1.76. The van der Waals surface area contributed by atoms with Gasteiger partial charge in [0.05, 0.1) is 11.6 Å². The molecular weight excluding hydrogens is 385 g/mol. The third-order valence-electron chi connectivity index (χ3n) is 4.46. The molecule has 0 radical (unpaired) electrons. The number of benzene rings is 2. The van der Waals surface area contributed by atoms with E-state index in [-0.39, 0.29) is 30.7 Å². The fraction of sp³-hybridized carbons (Fsp3) is 0.250. The van der Waals surface area contributed by atoms with E-state index in [2.05, 4.69) is 76.3 Å². The van der Waals surface area contributed by atoms with Crippen LogP contribution in [-0.2, 0) is 0 Å². The van der Waals surface area contributed by atoms with Crippen molar-refractivity contribution in [1.29, 1.82) is 0 Å². The molecule has 3 nitrogen and oxygen atoms in total. The van der Waals surface area contributed by atoms with E-state index in [1.165, 1.54) is 11.1 Å². The lowest BCUT2D eigenvalue weighted by atomic mass is 9.89. The van der Waals surface area contributed by atoms with Crippen molar-refractivity contribution in [1.82, 2.24) is 10.3 Å². The van der Waals surface area contributed by atoms with Crippen molar-refractivity contribution in [2.45, 2.75) is 5.92 Å². The lowest BCUT2D eigenvalue weighted by Crippen LogP contribution is -2.43. The fourth-order valence-corrected chi connectivity index (χ4v) is 4.14. The summed E-state index contributed by atoms with van der Waals surface area (Å²) in [6, 6.07) is 21.3. The summed E-state index contributed by atoms with van der Waals surface area (Å²) in [6.45, 7) is 4.15. The first-order chi connectivity index (χ1) is 11.9. The predicted molar refractivity (Wildman–Crippen MR) is 116 cm³/mol. The van der Waals surface area contributed by atoms with Gasteiger partial charge in [-0.15, -0.1) is 36.2 Å². The van der Waals surface area contributed by atoms with Gasteiger partial charge >= 0.3 is 0 Å². The SMILES string of the molecule is Cl.Cl.c1ccc(C(c2ccccc2)c2csc(N3CCNCC3)n2)cc1. The third kappa shape index (κ3) is 4.57. The highest BCUT2D eigenvalue weighted by atomic mass is 35.5. The fourth-order valence-electron chi connectivity index (χ4n) is 3.24. The number of anilines is 1. The van der Waals surface area contributed by atoms with Crippen molar-refractivity contribution < 1.29 is 0 Å². The van der Waals surface area contributed by atoms with E-state index < -0.39 is 0 Å². The maximum atomic E-state index is 5.00. The molecule has 0 amide bonds. The molecule has 26 heavy (non-hydrogen) atoms. The van der Waals surface area contributed by atoms with Crippen molar-refractivity contribution in [2.75, 3.05) is 31.1 Å². The summed E-state index contributed by atoms with van der Waals surface area (Å²) in [7, 11) is 0. The number of rotatable bonds is 4. The normalized spacial score (nSPS) is 13.8. The Morgan fingerprint density at radius 2 is 1.38 bits per heavy atom. The Kier molecular flexibility index (Phi) is 7.91. The Hall–Kier alpha value is -1.59. The van der Waals surface area contributed by atoms with E-state index in [9.17, 15) is 0 Å². The van der Waals surface area contributed by atoms with Crippen LogP contribution in [0.25, 0.3) is 0 Å². The molecule has 1 aliphatic rings. The Morgan fingerprint density at radius 1 is 0.846 bits per heavy atom. The minimum atomic E-state index is 0. The molecule has 1 aliphatic heterocycles. The number of nitrogens with zero attached hydrogens (tertiary/aromatic N) is 2. The second-order valence-corrected chi connectivity index (χ2v) is 6.88. The predicted octanol–water partition coefficient (Wildman–Crippen LogP) is 4.58. The second kappa shape index (κ2) is 9.93. The van der Waals surface area contributed by atoms with Crippen molar-refractivity contribution >= 4 is 41.3 Å². The molecule has 1 fully saturated rings. The van der Waals surface area contributed by atoms with E-state index in [1.54, 1.807) is 11.3 Å². The van der Waals surface area contributed by atoms with Gasteiger partial charge in [-0.3, -0.25) is 0 Å². The number of hydrogen-bond donors (Lipinski definition) is 1. The summed E-state index contributed by atoms with van der Waals surface area (Å²) < 4.78 is 0. The van der Waals surface area contributed by atoms with E-state index in [4.69, 9.17) is 4.98 Å². The number of piperazine rings is 1. The molecule has 0 spiro atoms. The molecular formula is C20H23Cl2N3S. The standard InChI is InChI=1S/C20H21N3S.2ClH/c1-3-7-16(8-4-1)19(17-9-5-2-6-10-17)18-15-24-20(22-18)23-13-11-21-12-14-23;;/h1-10,15,19,21H,11-14H2;2*1H. The van der Waals surface area contributed by atoms with Gasteiger partial charge in [-0.05, 0) is 11.1 Å². The summed E-state index contributed by atoms with van der Waals surface area (Å²) in [4.78, 5) is 7.39. The number of halogens is 2. The molecule has 3 aromatic rings.